The highest BCUT2D eigenvalue weighted by atomic mass is 79.9. The second-order valence-electron chi connectivity index (χ2n) is 4.81. The molecule has 1 aromatic carbocycles. The van der Waals surface area contributed by atoms with E-state index in [4.69, 9.17) is 11.6 Å². The summed E-state index contributed by atoms with van der Waals surface area (Å²) in [5.41, 5.74) is 1.57. The van der Waals surface area contributed by atoms with E-state index in [1.165, 1.54) is 10.4 Å². The number of thiophene rings is 1. The van der Waals surface area contributed by atoms with Crippen molar-refractivity contribution in [2.75, 3.05) is 10.7 Å². The lowest BCUT2D eigenvalue weighted by molar-refractivity contribution is 0.389. The number of hydrogen-bond donors (Lipinski definition) is 0. The molecule has 0 amide bonds. The molecule has 0 unspecified atom stereocenters. The van der Waals surface area contributed by atoms with E-state index in [0.29, 0.717) is 0 Å². The van der Waals surface area contributed by atoms with Gasteiger partial charge in [-0.3, -0.25) is 0 Å². The zero-order valence-corrected chi connectivity index (χ0v) is 15.2. The Morgan fingerprint density at radius 3 is 2.16 bits per heavy atom. The highest BCUT2D eigenvalue weighted by Crippen LogP contribution is 2.35. The van der Waals surface area contributed by atoms with Gasteiger partial charge in [0.25, 0.3) is 0 Å². The van der Waals surface area contributed by atoms with Crippen LogP contribution in [0.2, 0.25) is 4.34 Å². The standard InChI is InChI=1S/C15H15Br2ClS/c16-10-15(11-17,8-12-4-2-1-3-5-12)9-13-6-7-14(18)19-13/h1-7H,8-11H2. The summed E-state index contributed by atoms with van der Waals surface area (Å²) in [4.78, 5) is 1.35. The fourth-order valence-corrected chi connectivity index (χ4v) is 5.12. The summed E-state index contributed by atoms with van der Waals surface area (Å²) in [6, 6.07) is 14.8. The average Bonchev–Trinajstić information content (AvgIpc) is 2.84. The number of hydrogen-bond acceptors (Lipinski definition) is 1. The molecular formula is C15H15Br2ClS. The van der Waals surface area contributed by atoms with Crippen LogP contribution in [-0.4, -0.2) is 10.7 Å². The fraction of sp³-hybridized carbons (Fsp3) is 0.333. The quantitative estimate of drug-likeness (QED) is 0.504. The Morgan fingerprint density at radius 1 is 0.947 bits per heavy atom. The Hall–Kier alpha value is 0.170. The van der Waals surface area contributed by atoms with Crippen molar-refractivity contribution in [2.45, 2.75) is 12.8 Å². The Kier molecular flexibility index (Phi) is 5.94. The maximum atomic E-state index is 6.03. The van der Waals surface area contributed by atoms with Crippen molar-refractivity contribution in [3.8, 4) is 0 Å². The van der Waals surface area contributed by atoms with Crippen LogP contribution in [-0.2, 0) is 12.8 Å². The highest BCUT2D eigenvalue weighted by Gasteiger charge is 2.29. The normalized spacial score (nSPS) is 11.7. The first-order valence-corrected chi connectivity index (χ1v) is 9.51. The summed E-state index contributed by atoms with van der Waals surface area (Å²) in [5.74, 6) is 0. The minimum absolute atomic E-state index is 0.190. The first-order chi connectivity index (χ1) is 9.17. The van der Waals surface area contributed by atoms with Crippen LogP contribution < -0.4 is 0 Å². The van der Waals surface area contributed by atoms with Gasteiger partial charge in [-0.15, -0.1) is 11.3 Å². The summed E-state index contributed by atoms with van der Waals surface area (Å²) in [6.07, 6.45) is 2.09. The molecule has 0 N–H and O–H groups in total. The Bertz CT molecular complexity index is 506. The van der Waals surface area contributed by atoms with Crippen molar-refractivity contribution < 1.29 is 0 Å². The highest BCUT2D eigenvalue weighted by molar-refractivity contribution is 9.09. The Morgan fingerprint density at radius 2 is 1.63 bits per heavy atom. The molecular weight excluding hydrogens is 407 g/mol. The largest absolute Gasteiger partial charge is 0.128 e. The average molecular weight is 423 g/mol. The molecule has 4 heteroatoms. The van der Waals surface area contributed by atoms with Gasteiger partial charge >= 0.3 is 0 Å². The number of alkyl halides is 2. The van der Waals surface area contributed by atoms with Gasteiger partial charge in [0.2, 0.25) is 0 Å². The molecule has 0 fully saturated rings. The monoisotopic (exact) mass is 420 g/mol. The molecule has 1 aromatic heterocycles. The molecule has 0 radical (unpaired) electrons. The zero-order valence-electron chi connectivity index (χ0n) is 10.4. The van der Waals surface area contributed by atoms with Crippen LogP contribution in [0.25, 0.3) is 0 Å². The summed E-state index contributed by atoms with van der Waals surface area (Å²) < 4.78 is 0.868. The summed E-state index contributed by atoms with van der Waals surface area (Å²) >= 11 is 15.1. The van der Waals surface area contributed by atoms with Crippen LogP contribution >= 0.6 is 54.8 Å². The van der Waals surface area contributed by atoms with E-state index in [2.05, 4.69) is 68.3 Å². The Labute approximate surface area is 140 Å². The van der Waals surface area contributed by atoms with Crippen LogP contribution in [0.5, 0.6) is 0 Å². The summed E-state index contributed by atoms with van der Waals surface area (Å²) in [6.45, 7) is 0. The van der Waals surface area contributed by atoms with Crippen LogP contribution in [0.3, 0.4) is 0 Å². The predicted molar refractivity (Wildman–Crippen MR) is 93.2 cm³/mol. The van der Waals surface area contributed by atoms with E-state index in [1.54, 1.807) is 11.3 Å². The SMILES string of the molecule is Clc1ccc(CC(CBr)(CBr)Cc2ccccc2)s1. The molecule has 0 aliphatic rings. The number of benzene rings is 1. The maximum Gasteiger partial charge on any atom is 0.0931 e. The zero-order chi connectivity index (χ0) is 13.7. The van der Waals surface area contributed by atoms with Crippen molar-refractivity contribution >= 4 is 54.8 Å². The van der Waals surface area contributed by atoms with Crippen LogP contribution in [0.15, 0.2) is 42.5 Å². The van der Waals surface area contributed by atoms with Gasteiger partial charge in [0.05, 0.1) is 4.34 Å². The van der Waals surface area contributed by atoms with E-state index < -0.39 is 0 Å². The van der Waals surface area contributed by atoms with Gasteiger partial charge in [0.15, 0.2) is 0 Å². The second kappa shape index (κ2) is 7.26. The number of rotatable bonds is 6. The van der Waals surface area contributed by atoms with E-state index in [-0.39, 0.29) is 5.41 Å². The van der Waals surface area contributed by atoms with E-state index >= 15 is 0 Å². The van der Waals surface area contributed by atoms with Crippen molar-refractivity contribution in [1.82, 2.24) is 0 Å². The van der Waals surface area contributed by atoms with Gasteiger partial charge in [-0.25, -0.2) is 0 Å². The minimum atomic E-state index is 0.190. The minimum Gasteiger partial charge on any atom is -0.128 e. The Balaban J connectivity index is 2.17. The second-order valence-corrected chi connectivity index (χ2v) is 7.73. The summed E-state index contributed by atoms with van der Waals surface area (Å²) in [5, 5.41) is 1.94. The molecule has 0 atom stereocenters. The molecule has 0 bridgehead atoms. The molecule has 0 saturated heterocycles. The molecule has 102 valence electrons. The lowest BCUT2D eigenvalue weighted by atomic mass is 9.82. The van der Waals surface area contributed by atoms with Gasteiger partial charge in [0, 0.05) is 15.5 Å². The molecule has 0 saturated carbocycles. The third kappa shape index (κ3) is 4.32. The molecule has 0 spiro atoms. The van der Waals surface area contributed by atoms with Gasteiger partial charge in [-0.05, 0) is 36.0 Å². The molecule has 19 heavy (non-hydrogen) atoms. The smallest absolute Gasteiger partial charge is 0.0931 e. The first kappa shape index (κ1) is 15.6. The molecule has 0 aliphatic carbocycles. The lowest BCUT2D eigenvalue weighted by Gasteiger charge is -2.30. The van der Waals surface area contributed by atoms with E-state index in [9.17, 15) is 0 Å². The van der Waals surface area contributed by atoms with Gasteiger partial charge in [-0.1, -0.05) is 73.8 Å². The van der Waals surface area contributed by atoms with Crippen molar-refractivity contribution in [1.29, 1.82) is 0 Å². The van der Waals surface area contributed by atoms with Gasteiger partial charge in [0.1, 0.15) is 0 Å². The van der Waals surface area contributed by atoms with E-state index in [0.717, 1.165) is 27.8 Å². The molecule has 0 nitrogen and oxygen atoms in total. The van der Waals surface area contributed by atoms with Gasteiger partial charge in [-0.2, -0.15) is 0 Å². The van der Waals surface area contributed by atoms with Crippen molar-refractivity contribution in [2.24, 2.45) is 5.41 Å². The fourth-order valence-electron chi connectivity index (χ4n) is 2.13. The molecule has 1 heterocycles. The topological polar surface area (TPSA) is 0 Å². The summed E-state index contributed by atoms with van der Waals surface area (Å²) in [7, 11) is 0. The molecule has 0 aliphatic heterocycles. The predicted octanol–water partition coefficient (Wildman–Crippen LogP) is 5.96. The lowest BCUT2D eigenvalue weighted by Crippen LogP contribution is -2.30. The van der Waals surface area contributed by atoms with Crippen molar-refractivity contribution in [3.63, 3.8) is 0 Å². The molecule has 2 aromatic rings. The maximum absolute atomic E-state index is 6.03. The third-order valence-electron chi connectivity index (χ3n) is 3.17. The third-order valence-corrected chi connectivity index (χ3v) is 6.78. The van der Waals surface area contributed by atoms with Crippen LogP contribution in [0, 0.1) is 5.41 Å². The van der Waals surface area contributed by atoms with Crippen LogP contribution in [0.4, 0.5) is 0 Å². The first-order valence-electron chi connectivity index (χ1n) is 6.07. The number of halogens is 3. The molecule has 2 rings (SSSR count). The van der Waals surface area contributed by atoms with E-state index in [1.807, 2.05) is 6.07 Å². The van der Waals surface area contributed by atoms with Gasteiger partial charge < -0.3 is 0 Å². The van der Waals surface area contributed by atoms with Crippen LogP contribution in [0.1, 0.15) is 10.4 Å². The van der Waals surface area contributed by atoms with Crippen molar-refractivity contribution in [3.05, 3.63) is 57.2 Å².